The number of halogens is 1. The highest BCUT2D eigenvalue weighted by molar-refractivity contribution is 6.30. The Balaban J connectivity index is 1.56. The number of fused-ring (bicyclic) bond motifs is 3. The molecule has 4 atom stereocenters. The van der Waals surface area contributed by atoms with Crippen molar-refractivity contribution in [2.24, 2.45) is 11.3 Å². The van der Waals surface area contributed by atoms with E-state index in [0.29, 0.717) is 12.4 Å². The Labute approximate surface area is 206 Å². The van der Waals surface area contributed by atoms with Crippen LogP contribution in [0.2, 0.25) is 5.02 Å². The summed E-state index contributed by atoms with van der Waals surface area (Å²) in [5.41, 5.74) is 3.18. The second kappa shape index (κ2) is 8.62. The van der Waals surface area contributed by atoms with E-state index in [2.05, 4.69) is 30.5 Å². The largest absolute Gasteiger partial charge is 0.490 e. The molecule has 6 heteroatoms. The summed E-state index contributed by atoms with van der Waals surface area (Å²) < 4.78 is 6.41. The molecule has 0 bridgehead atoms. The van der Waals surface area contributed by atoms with Gasteiger partial charge in [0.1, 0.15) is 5.75 Å². The molecule has 2 unspecified atom stereocenters. The van der Waals surface area contributed by atoms with E-state index < -0.39 is 12.1 Å². The number of aryl methyl sites for hydroxylation is 1. The number of aromatic carboxylic acids is 1. The van der Waals surface area contributed by atoms with Gasteiger partial charge in [0, 0.05) is 28.9 Å². The molecule has 180 valence electrons. The standard InChI is InChI=1S/C28H32ClNO4/c1-3-25(31)27(2)12-10-20(27)15-30-16-28(11-4-5-18-13-21(29)7-8-22(18)28)17-34-24-9-6-19(26(32)33)14-23(24)30/h3,6-9,13-14,20,25,31H,1,4-5,10-12,15-17H2,2H3,(H,32,33)/t20-,25?,27+,28?/m0/s1. The van der Waals surface area contributed by atoms with Gasteiger partial charge in [-0.1, -0.05) is 30.7 Å². The van der Waals surface area contributed by atoms with E-state index in [9.17, 15) is 15.0 Å². The number of carboxylic acid groups (broad SMARTS) is 1. The Bertz CT molecular complexity index is 1130. The Kier molecular flexibility index (Phi) is 5.89. The highest BCUT2D eigenvalue weighted by Crippen LogP contribution is 2.51. The Hall–Kier alpha value is -2.50. The minimum absolute atomic E-state index is 0.211. The number of hydrogen-bond acceptors (Lipinski definition) is 4. The second-order valence-corrected chi connectivity index (χ2v) is 11.0. The van der Waals surface area contributed by atoms with Crippen molar-refractivity contribution in [3.8, 4) is 5.75 Å². The van der Waals surface area contributed by atoms with Crippen molar-refractivity contribution in [1.29, 1.82) is 0 Å². The zero-order chi connectivity index (χ0) is 24.1. The van der Waals surface area contributed by atoms with Crippen LogP contribution < -0.4 is 9.64 Å². The molecule has 0 saturated heterocycles. The summed E-state index contributed by atoms with van der Waals surface area (Å²) in [4.78, 5) is 14.1. The third kappa shape index (κ3) is 3.79. The van der Waals surface area contributed by atoms with E-state index in [-0.39, 0.29) is 22.3 Å². The molecule has 2 aromatic carbocycles. The van der Waals surface area contributed by atoms with Crippen LogP contribution in [0.5, 0.6) is 5.75 Å². The number of ether oxygens (including phenoxy) is 1. The van der Waals surface area contributed by atoms with Crippen LogP contribution in [0.15, 0.2) is 49.1 Å². The van der Waals surface area contributed by atoms with Crippen LogP contribution in [0, 0.1) is 11.3 Å². The van der Waals surface area contributed by atoms with E-state index >= 15 is 0 Å². The van der Waals surface area contributed by atoms with Gasteiger partial charge in [0.25, 0.3) is 0 Å². The van der Waals surface area contributed by atoms with Crippen molar-refractivity contribution in [3.63, 3.8) is 0 Å². The number of aliphatic hydroxyl groups excluding tert-OH is 1. The van der Waals surface area contributed by atoms with Gasteiger partial charge in [-0.25, -0.2) is 4.79 Å². The molecule has 1 fully saturated rings. The highest BCUT2D eigenvalue weighted by atomic mass is 35.5. The first kappa shape index (κ1) is 23.3. The predicted molar refractivity (Wildman–Crippen MR) is 134 cm³/mol. The number of benzene rings is 2. The minimum Gasteiger partial charge on any atom is -0.490 e. The molecular weight excluding hydrogens is 450 g/mol. The van der Waals surface area contributed by atoms with E-state index in [1.54, 1.807) is 24.3 Å². The zero-order valence-corrected chi connectivity index (χ0v) is 20.4. The monoisotopic (exact) mass is 481 g/mol. The van der Waals surface area contributed by atoms with Gasteiger partial charge in [0.05, 0.1) is 24.0 Å². The number of anilines is 1. The summed E-state index contributed by atoms with van der Waals surface area (Å²) >= 11 is 6.33. The van der Waals surface area contributed by atoms with Crippen LogP contribution in [0.1, 0.15) is 54.1 Å². The number of nitrogens with zero attached hydrogens (tertiary/aromatic N) is 1. The lowest BCUT2D eigenvalue weighted by molar-refractivity contribution is -0.0466. The molecule has 1 saturated carbocycles. The lowest BCUT2D eigenvalue weighted by Gasteiger charge is -2.52. The maximum atomic E-state index is 11.8. The van der Waals surface area contributed by atoms with Crippen molar-refractivity contribution in [2.45, 2.75) is 50.5 Å². The van der Waals surface area contributed by atoms with E-state index in [0.717, 1.165) is 55.9 Å². The summed E-state index contributed by atoms with van der Waals surface area (Å²) in [7, 11) is 0. The van der Waals surface area contributed by atoms with Gasteiger partial charge in [-0.3, -0.25) is 0 Å². The van der Waals surface area contributed by atoms with Crippen LogP contribution in [0.25, 0.3) is 0 Å². The normalized spacial score (nSPS) is 28.7. The van der Waals surface area contributed by atoms with Crippen LogP contribution in [-0.2, 0) is 11.8 Å². The summed E-state index contributed by atoms with van der Waals surface area (Å²) in [5, 5.41) is 21.1. The first-order valence-electron chi connectivity index (χ1n) is 12.1. The van der Waals surface area contributed by atoms with Gasteiger partial charge in [0.15, 0.2) is 0 Å². The fourth-order valence-corrected chi connectivity index (χ4v) is 6.47. The molecule has 2 N–H and O–H groups in total. The topological polar surface area (TPSA) is 70.0 Å². The van der Waals surface area contributed by atoms with Crippen LogP contribution in [0.4, 0.5) is 5.69 Å². The molecular formula is C28H32ClNO4. The Morgan fingerprint density at radius 2 is 2.15 bits per heavy atom. The smallest absolute Gasteiger partial charge is 0.335 e. The van der Waals surface area contributed by atoms with Gasteiger partial charge >= 0.3 is 5.97 Å². The number of carbonyl (C=O) groups is 1. The number of aliphatic hydroxyl groups is 1. The van der Waals surface area contributed by atoms with Gasteiger partial charge in [-0.05, 0) is 79.5 Å². The van der Waals surface area contributed by atoms with E-state index in [1.165, 1.54) is 11.1 Å². The maximum Gasteiger partial charge on any atom is 0.335 e. The molecule has 1 heterocycles. The number of rotatable bonds is 5. The summed E-state index contributed by atoms with van der Waals surface area (Å²) in [6.07, 6.45) is 6.09. The molecule has 3 aliphatic rings. The average Bonchev–Trinajstić information content (AvgIpc) is 2.97. The third-order valence-corrected chi connectivity index (χ3v) is 8.82. The molecule has 2 aliphatic carbocycles. The molecule has 0 radical (unpaired) electrons. The molecule has 5 rings (SSSR count). The maximum absolute atomic E-state index is 11.8. The fraction of sp³-hybridized carbons (Fsp3) is 0.464. The summed E-state index contributed by atoms with van der Waals surface area (Å²) in [6.45, 7) is 7.94. The quantitative estimate of drug-likeness (QED) is 0.554. The lowest BCUT2D eigenvalue weighted by Crippen LogP contribution is -2.53. The first-order valence-corrected chi connectivity index (χ1v) is 12.5. The number of carboxylic acids is 1. The molecule has 2 aromatic rings. The van der Waals surface area contributed by atoms with Crippen molar-refractivity contribution in [3.05, 3.63) is 70.8 Å². The highest BCUT2D eigenvalue weighted by Gasteiger charge is 2.49. The minimum atomic E-state index is -0.949. The third-order valence-electron chi connectivity index (χ3n) is 8.59. The summed E-state index contributed by atoms with van der Waals surface area (Å²) in [5.74, 6) is 0.0356. The first-order chi connectivity index (χ1) is 16.3. The average molecular weight is 482 g/mol. The Morgan fingerprint density at radius 1 is 1.32 bits per heavy atom. The van der Waals surface area contributed by atoms with Crippen molar-refractivity contribution in [2.75, 3.05) is 24.6 Å². The van der Waals surface area contributed by atoms with Gasteiger partial charge < -0.3 is 19.8 Å². The van der Waals surface area contributed by atoms with Crippen LogP contribution in [-0.4, -0.2) is 42.0 Å². The zero-order valence-electron chi connectivity index (χ0n) is 19.6. The van der Waals surface area contributed by atoms with E-state index in [1.807, 2.05) is 6.07 Å². The van der Waals surface area contributed by atoms with Gasteiger partial charge in [-0.2, -0.15) is 0 Å². The molecule has 0 amide bonds. The second-order valence-electron chi connectivity index (χ2n) is 10.5. The predicted octanol–water partition coefficient (Wildman–Crippen LogP) is 5.47. The molecule has 34 heavy (non-hydrogen) atoms. The van der Waals surface area contributed by atoms with Crippen LogP contribution in [0.3, 0.4) is 0 Å². The summed E-state index contributed by atoms with van der Waals surface area (Å²) in [6, 6.07) is 11.3. The van der Waals surface area contributed by atoms with Crippen molar-refractivity contribution < 1.29 is 19.7 Å². The molecule has 5 nitrogen and oxygen atoms in total. The van der Waals surface area contributed by atoms with Gasteiger partial charge in [0.2, 0.25) is 0 Å². The number of hydrogen-bond donors (Lipinski definition) is 2. The Morgan fingerprint density at radius 3 is 2.85 bits per heavy atom. The van der Waals surface area contributed by atoms with Crippen LogP contribution >= 0.6 is 11.6 Å². The fourth-order valence-electron chi connectivity index (χ4n) is 6.28. The lowest BCUT2D eigenvalue weighted by atomic mass is 9.58. The van der Waals surface area contributed by atoms with Crippen molar-refractivity contribution >= 4 is 23.3 Å². The SMILES string of the molecule is C=CC(O)[C@]1(C)CC[C@H]1CN1CC2(CCCc3cc(Cl)ccc32)COc2ccc(C(=O)O)cc21. The van der Waals surface area contributed by atoms with Crippen molar-refractivity contribution in [1.82, 2.24) is 0 Å². The van der Waals surface area contributed by atoms with E-state index in [4.69, 9.17) is 16.3 Å². The molecule has 1 aliphatic heterocycles. The molecule has 1 spiro atoms. The van der Waals surface area contributed by atoms with Gasteiger partial charge in [-0.15, -0.1) is 6.58 Å². The molecule has 0 aromatic heterocycles.